The minimum Gasteiger partial charge on any atom is -0.355 e. The molecule has 2 rings (SSSR count). The van der Waals surface area contributed by atoms with Crippen molar-refractivity contribution in [2.24, 2.45) is 5.92 Å². The molecule has 0 aromatic rings. The summed E-state index contributed by atoms with van der Waals surface area (Å²) in [5.41, 5.74) is -0.0421. The van der Waals surface area contributed by atoms with Gasteiger partial charge in [0.15, 0.2) is 0 Å². The molecule has 2 fully saturated rings. The second kappa shape index (κ2) is 5.10. The fourth-order valence-electron chi connectivity index (χ4n) is 3.70. The zero-order valence-electron chi connectivity index (χ0n) is 12.8. The summed E-state index contributed by atoms with van der Waals surface area (Å²) >= 11 is 0. The van der Waals surface area contributed by atoms with Gasteiger partial charge in [-0.15, -0.1) is 0 Å². The molecular weight excluding hydrogens is 224 g/mol. The normalized spacial score (nSPS) is 32.0. The topological polar surface area (TPSA) is 24.5 Å². The van der Waals surface area contributed by atoms with Crippen LogP contribution < -0.4 is 5.32 Å². The van der Waals surface area contributed by atoms with Gasteiger partial charge in [-0.2, -0.15) is 0 Å². The molecule has 0 aromatic heterocycles. The van der Waals surface area contributed by atoms with Crippen LogP contribution >= 0.6 is 0 Å². The van der Waals surface area contributed by atoms with Crippen molar-refractivity contribution in [3.05, 3.63) is 0 Å². The van der Waals surface area contributed by atoms with Crippen LogP contribution in [0.2, 0.25) is 0 Å². The van der Waals surface area contributed by atoms with E-state index in [1.54, 1.807) is 0 Å². The molecule has 2 aliphatic rings. The maximum absolute atomic E-state index is 6.39. The molecule has 3 nitrogen and oxygen atoms in total. The van der Waals surface area contributed by atoms with Gasteiger partial charge in [0.05, 0.1) is 5.60 Å². The molecule has 2 saturated heterocycles. The molecule has 0 radical (unpaired) electrons. The van der Waals surface area contributed by atoms with Gasteiger partial charge in [-0.3, -0.25) is 5.32 Å². The minimum absolute atomic E-state index is 0.0187. The van der Waals surface area contributed by atoms with E-state index in [0.717, 1.165) is 38.3 Å². The second-order valence-corrected chi connectivity index (χ2v) is 7.30. The zero-order valence-corrected chi connectivity index (χ0v) is 12.8. The van der Waals surface area contributed by atoms with Crippen molar-refractivity contribution in [1.29, 1.82) is 0 Å². The molecular formula is C15H30N2O. The predicted octanol–water partition coefficient (Wildman–Crippen LogP) is 2.61. The lowest BCUT2D eigenvalue weighted by atomic mass is 9.89. The Bertz CT molecular complexity index is 280. The van der Waals surface area contributed by atoms with E-state index < -0.39 is 0 Å². The summed E-state index contributed by atoms with van der Waals surface area (Å²) in [6.45, 7) is 14.9. The number of rotatable bonds is 2. The van der Waals surface area contributed by atoms with Gasteiger partial charge in [0.1, 0.15) is 5.72 Å². The first-order chi connectivity index (χ1) is 8.30. The van der Waals surface area contributed by atoms with Crippen LogP contribution in [0.5, 0.6) is 0 Å². The number of likely N-dealkylation sites (tertiary alicyclic amines) is 1. The van der Waals surface area contributed by atoms with Crippen LogP contribution in [0.3, 0.4) is 0 Å². The van der Waals surface area contributed by atoms with E-state index in [4.69, 9.17) is 4.74 Å². The summed E-state index contributed by atoms with van der Waals surface area (Å²) in [4.78, 5) is 2.58. The highest BCUT2D eigenvalue weighted by Gasteiger charge is 2.44. The summed E-state index contributed by atoms with van der Waals surface area (Å²) in [5, 5.41) is 3.71. The molecule has 0 saturated carbocycles. The number of nitrogens with zero attached hydrogens (tertiary/aromatic N) is 1. The smallest absolute Gasteiger partial charge is 0.122 e. The van der Waals surface area contributed by atoms with Gasteiger partial charge < -0.3 is 9.64 Å². The Hall–Kier alpha value is -0.120. The third-order valence-corrected chi connectivity index (χ3v) is 4.07. The second-order valence-electron chi connectivity index (χ2n) is 7.30. The maximum atomic E-state index is 6.39. The molecule has 18 heavy (non-hydrogen) atoms. The highest BCUT2D eigenvalue weighted by Crippen LogP contribution is 2.35. The highest BCUT2D eigenvalue weighted by molar-refractivity contribution is 4.95. The molecule has 0 bridgehead atoms. The standard InChI is InChI=1S/C15H30N2O/c1-12(2)11-17-8-6-15(7-9-17)16-13(3)10-14(4,5)18-15/h12-13,16H,6-11H2,1-5H3. The lowest BCUT2D eigenvalue weighted by molar-refractivity contribution is -0.214. The number of ether oxygens (including phenoxy) is 1. The Morgan fingerprint density at radius 3 is 2.39 bits per heavy atom. The van der Waals surface area contributed by atoms with Crippen molar-refractivity contribution in [3.8, 4) is 0 Å². The quantitative estimate of drug-likeness (QED) is 0.820. The Morgan fingerprint density at radius 1 is 1.28 bits per heavy atom. The van der Waals surface area contributed by atoms with Crippen molar-refractivity contribution in [3.63, 3.8) is 0 Å². The molecule has 1 spiro atoms. The van der Waals surface area contributed by atoms with Gasteiger partial charge in [0, 0.05) is 38.5 Å². The molecule has 106 valence electrons. The first kappa shape index (κ1) is 14.3. The summed E-state index contributed by atoms with van der Waals surface area (Å²) in [7, 11) is 0. The van der Waals surface area contributed by atoms with E-state index >= 15 is 0 Å². The van der Waals surface area contributed by atoms with Crippen LogP contribution in [0.4, 0.5) is 0 Å². The first-order valence-corrected chi connectivity index (χ1v) is 7.50. The maximum Gasteiger partial charge on any atom is 0.122 e. The Morgan fingerprint density at radius 2 is 1.89 bits per heavy atom. The van der Waals surface area contributed by atoms with Crippen molar-refractivity contribution in [2.75, 3.05) is 19.6 Å². The third-order valence-electron chi connectivity index (χ3n) is 4.07. The summed E-state index contributed by atoms with van der Waals surface area (Å²) < 4.78 is 6.39. The van der Waals surface area contributed by atoms with Crippen LogP contribution in [-0.4, -0.2) is 41.9 Å². The lowest BCUT2D eigenvalue weighted by Gasteiger charge is -2.52. The van der Waals surface area contributed by atoms with Crippen LogP contribution in [-0.2, 0) is 4.74 Å². The van der Waals surface area contributed by atoms with Crippen LogP contribution in [0.25, 0.3) is 0 Å². The van der Waals surface area contributed by atoms with Crippen LogP contribution in [0.15, 0.2) is 0 Å². The van der Waals surface area contributed by atoms with Crippen molar-refractivity contribution >= 4 is 0 Å². The monoisotopic (exact) mass is 254 g/mol. The number of hydrogen-bond donors (Lipinski definition) is 1. The van der Waals surface area contributed by atoms with E-state index in [0.29, 0.717) is 6.04 Å². The van der Waals surface area contributed by atoms with Crippen LogP contribution in [0.1, 0.15) is 53.9 Å². The van der Waals surface area contributed by atoms with Gasteiger partial charge >= 0.3 is 0 Å². The number of hydrogen-bond acceptors (Lipinski definition) is 3. The predicted molar refractivity (Wildman–Crippen MR) is 75.6 cm³/mol. The van der Waals surface area contributed by atoms with E-state index in [9.17, 15) is 0 Å². The van der Waals surface area contributed by atoms with Gasteiger partial charge in [-0.1, -0.05) is 13.8 Å². The van der Waals surface area contributed by atoms with Crippen molar-refractivity contribution < 1.29 is 4.74 Å². The Kier molecular flexibility index (Phi) is 4.05. The molecule has 0 amide bonds. The van der Waals surface area contributed by atoms with E-state index in [1.165, 1.54) is 6.54 Å². The first-order valence-electron chi connectivity index (χ1n) is 7.50. The molecule has 0 aliphatic carbocycles. The molecule has 1 N–H and O–H groups in total. The van der Waals surface area contributed by atoms with Crippen molar-refractivity contribution in [1.82, 2.24) is 10.2 Å². The van der Waals surface area contributed by atoms with Crippen LogP contribution in [0, 0.1) is 5.92 Å². The largest absolute Gasteiger partial charge is 0.355 e. The molecule has 2 aliphatic heterocycles. The summed E-state index contributed by atoms with van der Waals surface area (Å²) in [5.74, 6) is 0.759. The molecule has 2 heterocycles. The van der Waals surface area contributed by atoms with Crippen molar-refractivity contribution in [2.45, 2.75) is 71.2 Å². The number of piperidine rings is 1. The molecule has 1 atom stereocenters. The fourth-order valence-corrected chi connectivity index (χ4v) is 3.70. The van der Waals surface area contributed by atoms with E-state index in [-0.39, 0.29) is 11.3 Å². The van der Waals surface area contributed by atoms with Gasteiger partial charge in [-0.05, 0) is 33.1 Å². The Balaban J connectivity index is 1.94. The molecule has 3 heteroatoms. The van der Waals surface area contributed by atoms with E-state index in [1.807, 2.05) is 0 Å². The molecule has 1 unspecified atom stereocenters. The SMILES string of the molecule is CC(C)CN1CCC2(CC1)NC(C)CC(C)(C)O2. The van der Waals surface area contributed by atoms with E-state index in [2.05, 4.69) is 44.8 Å². The van der Waals surface area contributed by atoms with Gasteiger partial charge in [0.2, 0.25) is 0 Å². The highest BCUT2D eigenvalue weighted by atomic mass is 16.5. The average molecular weight is 254 g/mol. The molecule has 0 aromatic carbocycles. The number of nitrogens with one attached hydrogen (secondary N) is 1. The lowest BCUT2D eigenvalue weighted by Crippen LogP contribution is -2.64. The summed E-state index contributed by atoms with van der Waals surface area (Å²) in [6.07, 6.45) is 3.34. The van der Waals surface area contributed by atoms with Gasteiger partial charge in [-0.25, -0.2) is 0 Å². The van der Waals surface area contributed by atoms with Gasteiger partial charge in [0.25, 0.3) is 0 Å². The zero-order chi connectivity index (χ0) is 13.4. The average Bonchev–Trinajstić information content (AvgIpc) is 2.18. The third kappa shape index (κ3) is 3.46. The fraction of sp³-hybridized carbons (Fsp3) is 1.00. The minimum atomic E-state index is -0.0609. The Labute approximate surface area is 112 Å². The summed E-state index contributed by atoms with van der Waals surface area (Å²) in [6, 6.07) is 0.561.